The van der Waals surface area contributed by atoms with Crippen molar-refractivity contribution < 1.29 is 22.8 Å². The normalized spacial score (nSPS) is 11.3. The Balaban J connectivity index is 2.24. The molecule has 2 rings (SSSR count). The molecule has 10 heteroatoms. The van der Waals surface area contributed by atoms with Crippen molar-refractivity contribution in [1.29, 1.82) is 0 Å². The predicted octanol–water partition coefficient (Wildman–Crippen LogP) is 3.44. The molecule has 1 heterocycles. The number of nitrogen functional groups attached to an aromatic ring is 1. The van der Waals surface area contributed by atoms with Crippen LogP contribution in [0.15, 0.2) is 23.6 Å². The van der Waals surface area contributed by atoms with Gasteiger partial charge in [0.1, 0.15) is 11.4 Å². The minimum Gasteiger partial charge on any atom is -0.431 e. The summed E-state index contributed by atoms with van der Waals surface area (Å²) in [6.07, 6.45) is -4.56. The van der Waals surface area contributed by atoms with Crippen molar-refractivity contribution in [1.82, 2.24) is 4.98 Å². The molecule has 1 aromatic heterocycles. The molecule has 0 aliphatic heterocycles. The van der Waals surface area contributed by atoms with Gasteiger partial charge in [0.2, 0.25) is 0 Å². The second kappa shape index (κ2) is 4.96. The van der Waals surface area contributed by atoms with Crippen LogP contribution in [0.5, 0.6) is 10.9 Å². The largest absolute Gasteiger partial charge is 0.434 e. The smallest absolute Gasteiger partial charge is 0.431 e. The average molecular weight is 305 g/mol. The highest BCUT2D eigenvalue weighted by Crippen LogP contribution is 2.35. The summed E-state index contributed by atoms with van der Waals surface area (Å²) in [5.74, 6) is -0.0195. The molecule has 0 radical (unpaired) electrons. The molecule has 6 nitrogen and oxygen atoms in total. The fourth-order valence-corrected chi connectivity index (χ4v) is 1.97. The van der Waals surface area contributed by atoms with Gasteiger partial charge < -0.3 is 10.5 Å². The monoisotopic (exact) mass is 305 g/mol. The number of nitro groups is 1. The van der Waals surface area contributed by atoms with Gasteiger partial charge in [0.15, 0.2) is 5.69 Å². The highest BCUT2D eigenvalue weighted by molar-refractivity contribution is 7.11. The minimum absolute atomic E-state index is 0.0195. The number of aromatic nitrogens is 1. The van der Waals surface area contributed by atoms with Gasteiger partial charge in [0, 0.05) is 5.38 Å². The molecule has 0 saturated carbocycles. The molecule has 0 bridgehead atoms. The molecule has 0 atom stereocenters. The highest BCUT2D eigenvalue weighted by Gasteiger charge is 2.34. The van der Waals surface area contributed by atoms with E-state index in [0.717, 1.165) is 11.4 Å². The van der Waals surface area contributed by atoms with Gasteiger partial charge in [-0.2, -0.15) is 18.2 Å². The summed E-state index contributed by atoms with van der Waals surface area (Å²) in [5, 5.41) is 11.2. The molecule has 0 aliphatic rings. The van der Waals surface area contributed by atoms with Crippen LogP contribution < -0.4 is 10.5 Å². The van der Waals surface area contributed by atoms with Crippen LogP contribution in [-0.4, -0.2) is 9.91 Å². The maximum absolute atomic E-state index is 12.3. The molecule has 20 heavy (non-hydrogen) atoms. The Morgan fingerprint density at radius 3 is 2.65 bits per heavy atom. The number of halogens is 3. The van der Waals surface area contributed by atoms with E-state index in [2.05, 4.69) is 4.98 Å². The summed E-state index contributed by atoms with van der Waals surface area (Å²) in [6, 6.07) is 3.55. The Kier molecular flexibility index (Phi) is 3.49. The summed E-state index contributed by atoms with van der Waals surface area (Å²) >= 11 is 0.635. The van der Waals surface area contributed by atoms with Gasteiger partial charge in [-0.1, -0.05) is 11.3 Å². The number of alkyl halides is 3. The first kappa shape index (κ1) is 14.1. The third kappa shape index (κ3) is 2.96. The first-order valence-electron chi connectivity index (χ1n) is 5.02. The Bertz CT molecular complexity index is 657. The zero-order valence-electron chi connectivity index (χ0n) is 9.55. The lowest BCUT2D eigenvalue weighted by Crippen LogP contribution is -2.04. The van der Waals surface area contributed by atoms with Gasteiger partial charge in [-0.3, -0.25) is 10.1 Å². The average Bonchev–Trinajstić information content (AvgIpc) is 2.79. The fourth-order valence-electron chi connectivity index (χ4n) is 1.28. The molecule has 2 aromatic rings. The standard InChI is InChI=1S/C10H6F3N3O3S/c11-10(12,13)8-4-20-9(15-8)19-5-1-2-6(14)7(3-5)16(17)18/h1-4H,14H2. The van der Waals surface area contributed by atoms with Crippen molar-refractivity contribution in [3.8, 4) is 10.9 Å². The molecule has 1 aromatic carbocycles. The van der Waals surface area contributed by atoms with Crippen LogP contribution in [0, 0.1) is 10.1 Å². The van der Waals surface area contributed by atoms with Crippen LogP contribution in [-0.2, 0) is 6.18 Å². The molecule has 0 amide bonds. The quantitative estimate of drug-likeness (QED) is 0.533. The summed E-state index contributed by atoms with van der Waals surface area (Å²) in [4.78, 5) is 13.2. The Morgan fingerprint density at radius 2 is 2.10 bits per heavy atom. The first-order valence-corrected chi connectivity index (χ1v) is 5.90. The number of benzene rings is 1. The fraction of sp³-hybridized carbons (Fsp3) is 0.100. The maximum atomic E-state index is 12.3. The van der Waals surface area contributed by atoms with Gasteiger partial charge >= 0.3 is 6.18 Å². The van der Waals surface area contributed by atoms with E-state index in [4.69, 9.17) is 10.5 Å². The van der Waals surface area contributed by atoms with Gasteiger partial charge in [0.25, 0.3) is 10.9 Å². The lowest BCUT2D eigenvalue weighted by molar-refractivity contribution is -0.384. The van der Waals surface area contributed by atoms with Crippen molar-refractivity contribution >= 4 is 22.7 Å². The van der Waals surface area contributed by atoms with E-state index in [-0.39, 0.29) is 16.6 Å². The molecular formula is C10H6F3N3O3S. The third-order valence-electron chi connectivity index (χ3n) is 2.18. The number of hydrogen-bond acceptors (Lipinski definition) is 6. The molecule has 0 saturated heterocycles. The van der Waals surface area contributed by atoms with Gasteiger partial charge in [-0.15, -0.1) is 0 Å². The molecule has 0 spiro atoms. The van der Waals surface area contributed by atoms with Crippen molar-refractivity contribution in [3.05, 3.63) is 39.4 Å². The number of hydrogen-bond donors (Lipinski definition) is 1. The van der Waals surface area contributed by atoms with Crippen LogP contribution in [0.4, 0.5) is 24.5 Å². The van der Waals surface area contributed by atoms with E-state index in [1.807, 2.05) is 0 Å². The number of nitrogens with two attached hydrogens (primary N) is 1. The van der Waals surface area contributed by atoms with Crippen LogP contribution >= 0.6 is 11.3 Å². The van der Waals surface area contributed by atoms with E-state index >= 15 is 0 Å². The van der Waals surface area contributed by atoms with Crippen molar-refractivity contribution in [2.24, 2.45) is 0 Å². The van der Waals surface area contributed by atoms with Crippen LogP contribution in [0.3, 0.4) is 0 Å². The molecular weight excluding hydrogens is 299 g/mol. The lowest BCUT2D eigenvalue weighted by atomic mass is 10.2. The number of thiazole rings is 1. The SMILES string of the molecule is Nc1ccc(Oc2nc(C(F)(F)F)cs2)cc1[N+](=O)[O-]. The van der Waals surface area contributed by atoms with Gasteiger partial charge in [-0.05, 0) is 12.1 Å². The maximum Gasteiger partial charge on any atom is 0.434 e. The summed E-state index contributed by atoms with van der Waals surface area (Å²) in [5.41, 5.74) is 3.84. The lowest BCUT2D eigenvalue weighted by Gasteiger charge is -2.03. The van der Waals surface area contributed by atoms with E-state index in [1.54, 1.807) is 0 Å². The molecule has 2 N–H and O–H groups in total. The van der Waals surface area contributed by atoms with Crippen LogP contribution in [0.2, 0.25) is 0 Å². The topological polar surface area (TPSA) is 91.3 Å². The number of anilines is 1. The zero-order chi connectivity index (χ0) is 14.9. The second-order valence-corrected chi connectivity index (χ2v) is 4.40. The minimum atomic E-state index is -4.56. The highest BCUT2D eigenvalue weighted by atomic mass is 32.1. The first-order chi connectivity index (χ1) is 9.27. The van der Waals surface area contributed by atoms with Gasteiger partial charge in [0.05, 0.1) is 11.0 Å². The molecule has 0 aliphatic carbocycles. The predicted molar refractivity (Wildman–Crippen MR) is 64.7 cm³/mol. The van der Waals surface area contributed by atoms with Gasteiger partial charge in [-0.25, -0.2) is 0 Å². The second-order valence-electron chi connectivity index (χ2n) is 3.58. The van der Waals surface area contributed by atoms with Crippen molar-refractivity contribution in [2.75, 3.05) is 5.73 Å². The van der Waals surface area contributed by atoms with Crippen LogP contribution in [0.25, 0.3) is 0 Å². The Labute approximate surface area is 113 Å². The van der Waals surface area contributed by atoms with Crippen molar-refractivity contribution in [3.63, 3.8) is 0 Å². The summed E-state index contributed by atoms with van der Waals surface area (Å²) in [6.45, 7) is 0. The van der Waals surface area contributed by atoms with Crippen molar-refractivity contribution in [2.45, 2.75) is 6.18 Å². The number of rotatable bonds is 3. The Morgan fingerprint density at radius 1 is 1.40 bits per heavy atom. The molecule has 0 unspecified atom stereocenters. The number of ether oxygens (including phenoxy) is 1. The van der Waals surface area contributed by atoms with E-state index < -0.39 is 22.5 Å². The van der Waals surface area contributed by atoms with E-state index in [9.17, 15) is 23.3 Å². The number of nitrogens with zero attached hydrogens (tertiary/aromatic N) is 2. The van der Waals surface area contributed by atoms with E-state index in [0.29, 0.717) is 11.3 Å². The Hall–Kier alpha value is -2.36. The molecule has 106 valence electrons. The van der Waals surface area contributed by atoms with E-state index in [1.165, 1.54) is 12.1 Å². The third-order valence-corrected chi connectivity index (χ3v) is 2.89. The zero-order valence-corrected chi connectivity index (χ0v) is 10.4. The van der Waals surface area contributed by atoms with Crippen LogP contribution in [0.1, 0.15) is 5.69 Å². The summed E-state index contributed by atoms with van der Waals surface area (Å²) in [7, 11) is 0. The molecule has 0 fully saturated rings. The number of nitro benzene ring substituents is 1. The summed E-state index contributed by atoms with van der Waals surface area (Å²) < 4.78 is 42.1.